The summed E-state index contributed by atoms with van der Waals surface area (Å²) in [7, 11) is 0. The van der Waals surface area contributed by atoms with Crippen LogP contribution in [-0.4, -0.2) is 46.4 Å². The van der Waals surface area contributed by atoms with Crippen LogP contribution in [0.5, 0.6) is 5.75 Å². The number of nitrogens with zero attached hydrogens (tertiary/aromatic N) is 1. The fourth-order valence-electron chi connectivity index (χ4n) is 2.71. The topological polar surface area (TPSA) is 89.9 Å². The second-order valence-electron chi connectivity index (χ2n) is 5.76. The summed E-state index contributed by atoms with van der Waals surface area (Å²) in [6.45, 7) is 0.413. The van der Waals surface area contributed by atoms with Crippen LogP contribution < -0.4 is 5.32 Å². The number of halogens is 3. The van der Waals surface area contributed by atoms with Crippen molar-refractivity contribution in [3.05, 3.63) is 29.8 Å². The molecule has 1 fully saturated rings. The summed E-state index contributed by atoms with van der Waals surface area (Å²) in [4.78, 5) is 24.0. The zero-order chi connectivity index (χ0) is 18.1. The number of carbonyl (C=O) groups is 2. The molecule has 0 spiro atoms. The van der Waals surface area contributed by atoms with Crippen LogP contribution in [0.2, 0.25) is 0 Å². The molecule has 1 aromatic rings. The van der Waals surface area contributed by atoms with Gasteiger partial charge < -0.3 is 20.4 Å². The molecule has 1 aromatic carbocycles. The van der Waals surface area contributed by atoms with Crippen LogP contribution in [0.4, 0.5) is 18.0 Å². The molecule has 1 heterocycles. The Morgan fingerprint density at radius 1 is 1.33 bits per heavy atom. The second kappa shape index (κ2) is 6.58. The van der Waals surface area contributed by atoms with E-state index >= 15 is 0 Å². The van der Waals surface area contributed by atoms with E-state index in [1.54, 1.807) is 19.1 Å². The van der Waals surface area contributed by atoms with Gasteiger partial charge in [0.05, 0.1) is 17.9 Å². The van der Waals surface area contributed by atoms with Gasteiger partial charge in [-0.25, -0.2) is 4.79 Å². The molecule has 1 aliphatic rings. The molecule has 0 aliphatic carbocycles. The van der Waals surface area contributed by atoms with Crippen molar-refractivity contribution in [1.29, 1.82) is 0 Å². The molecule has 9 heteroatoms. The Hall–Kier alpha value is -2.45. The number of amides is 2. The van der Waals surface area contributed by atoms with Gasteiger partial charge in [-0.1, -0.05) is 12.1 Å². The summed E-state index contributed by atoms with van der Waals surface area (Å²) in [5.74, 6) is -5.34. The van der Waals surface area contributed by atoms with Crippen molar-refractivity contribution in [2.24, 2.45) is 11.8 Å². The summed E-state index contributed by atoms with van der Waals surface area (Å²) >= 11 is 0. The lowest BCUT2D eigenvalue weighted by Crippen LogP contribution is -2.40. The maximum atomic E-state index is 12.9. The summed E-state index contributed by atoms with van der Waals surface area (Å²) in [5, 5.41) is 20.9. The van der Waals surface area contributed by atoms with E-state index in [9.17, 15) is 27.9 Å². The Labute approximate surface area is 135 Å². The van der Waals surface area contributed by atoms with Crippen LogP contribution in [0, 0.1) is 11.8 Å². The van der Waals surface area contributed by atoms with Crippen molar-refractivity contribution < 1.29 is 33.0 Å². The molecule has 6 nitrogen and oxygen atoms in total. The first kappa shape index (κ1) is 17.9. The van der Waals surface area contributed by atoms with Crippen molar-refractivity contribution in [3.63, 3.8) is 0 Å². The number of carboxylic acids is 1. The van der Waals surface area contributed by atoms with Gasteiger partial charge in [-0.3, -0.25) is 4.79 Å². The molecule has 0 aromatic heterocycles. The van der Waals surface area contributed by atoms with E-state index in [1.165, 1.54) is 12.1 Å². The van der Waals surface area contributed by atoms with E-state index < -0.39 is 49.1 Å². The summed E-state index contributed by atoms with van der Waals surface area (Å²) < 4.78 is 38.8. The lowest BCUT2D eigenvalue weighted by molar-refractivity contribution is -0.187. The number of urea groups is 1. The quantitative estimate of drug-likeness (QED) is 0.784. The molecular weight excluding hydrogens is 329 g/mol. The SMILES string of the molecule is C[C@@H](NC(=O)N1C[C@@H](C(F)(F)F)[C@H](C(=O)O)C1)c1cccc(O)c1. The third-order valence-corrected chi connectivity index (χ3v) is 4.05. The molecule has 2 amide bonds. The first-order valence-electron chi connectivity index (χ1n) is 7.23. The number of phenols is 1. The maximum Gasteiger partial charge on any atom is 0.394 e. The number of hydrogen-bond donors (Lipinski definition) is 3. The van der Waals surface area contributed by atoms with E-state index in [4.69, 9.17) is 5.11 Å². The van der Waals surface area contributed by atoms with Gasteiger partial charge in [-0.2, -0.15) is 13.2 Å². The van der Waals surface area contributed by atoms with E-state index in [0.717, 1.165) is 4.90 Å². The number of likely N-dealkylation sites (tertiary alicyclic amines) is 1. The molecule has 132 valence electrons. The van der Waals surface area contributed by atoms with Gasteiger partial charge >= 0.3 is 18.2 Å². The van der Waals surface area contributed by atoms with Crippen LogP contribution >= 0.6 is 0 Å². The standard InChI is InChI=1S/C15H17F3N2O4/c1-8(9-3-2-4-10(21)5-9)19-14(24)20-6-11(13(22)23)12(7-20)15(16,17)18/h2-5,8,11-12,21H,6-7H2,1H3,(H,19,24)(H,22,23)/t8-,11-,12-/m1/s1. The van der Waals surface area contributed by atoms with Crippen LogP contribution in [-0.2, 0) is 4.79 Å². The van der Waals surface area contributed by atoms with Crippen molar-refractivity contribution in [2.75, 3.05) is 13.1 Å². The molecule has 0 unspecified atom stereocenters. The number of carbonyl (C=O) groups excluding carboxylic acids is 1. The van der Waals surface area contributed by atoms with Gasteiger partial charge in [0.2, 0.25) is 0 Å². The second-order valence-corrected chi connectivity index (χ2v) is 5.76. The Morgan fingerprint density at radius 2 is 2.00 bits per heavy atom. The number of rotatable bonds is 3. The Morgan fingerprint density at radius 3 is 2.50 bits per heavy atom. The molecular formula is C15H17F3N2O4. The minimum absolute atomic E-state index is 0.00199. The lowest BCUT2D eigenvalue weighted by atomic mass is 9.96. The Kier molecular flexibility index (Phi) is 4.91. The molecule has 1 saturated heterocycles. The maximum absolute atomic E-state index is 12.9. The fourth-order valence-corrected chi connectivity index (χ4v) is 2.71. The highest BCUT2D eigenvalue weighted by Crippen LogP contribution is 2.37. The predicted molar refractivity (Wildman–Crippen MR) is 77.3 cm³/mol. The monoisotopic (exact) mass is 346 g/mol. The summed E-state index contributed by atoms with van der Waals surface area (Å²) in [6, 6.07) is 4.76. The van der Waals surface area contributed by atoms with Crippen molar-refractivity contribution in [1.82, 2.24) is 10.2 Å². The first-order chi connectivity index (χ1) is 11.1. The molecule has 1 aliphatic heterocycles. The van der Waals surface area contributed by atoms with Crippen molar-refractivity contribution in [3.8, 4) is 5.75 Å². The Bertz CT molecular complexity index is 635. The fraction of sp³-hybridized carbons (Fsp3) is 0.467. The minimum atomic E-state index is -4.69. The van der Waals surface area contributed by atoms with Crippen molar-refractivity contribution in [2.45, 2.75) is 19.1 Å². The van der Waals surface area contributed by atoms with Gasteiger partial charge in [-0.05, 0) is 24.6 Å². The molecule has 24 heavy (non-hydrogen) atoms. The number of carboxylic acid groups (broad SMARTS) is 1. The molecule has 0 saturated carbocycles. The average molecular weight is 346 g/mol. The molecule has 2 rings (SSSR count). The first-order valence-corrected chi connectivity index (χ1v) is 7.23. The predicted octanol–water partition coefficient (Wildman–Crippen LogP) is 2.36. The number of phenolic OH excluding ortho intramolecular Hbond substituents is 1. The number of aromatic hydroxyl groups is 1. The number of benzene rings is 1. The van der Waals surface area contributed by atoms with E-state index in [-0.39, 0.29) is 5.75 Å². The van der Waals surface area contributed by atoms with E-state index in [1.807, 2.05) is 0 Å². The van der Waals surface area contributed by atoms with Gasteiger partial charge in [0.15, 0.2) is 0 Å². The zero-order valence-corrected chi connectivity index (χ0v) is 12.7. The van der Waals surface area contributed by atoms with Gasteiger partial charge in [0, 0.05) is 13.1 Å². The van der Waals surface area contributed by atoms with Crippen LogP contribution in [0.15, 0.2) is 24.3 Å². The smallest absolute Gasteiger partial charge is 0.394 e. The highest BCUT2D eigenvalue weighted by atomic mass is 19.4. The van der Waals surface area contributed by atoms with E-state index in [2.05, 4.69) is 5.32 Å². The Balaban J connectivity index is 2.06. The number of aliphatic carboxylic acids is 1. The lowest BCUT2D eigenvalue weighted by Gasteiger charge is -2.21. The average Bonchev–Trinajstić information content (AvgIpc) is 2.92. The third-order valence-electron chi connectivity index (χ3n) is 4.05. The van der Waals surface area contributed by atoms with Gasteiger partial charge in [0.25, 0.3) is 0 Å². The van der Waals surface area contributed by atoms with Crippen LogP contribution in [0.25, 0.3) is 0 Å². The highest BCUT2D eigenvalue weighted by Gasteiger charge is 2.53. The van der Waals surface area contributed by atoms with Crippen LogP contribution in [0.1, 0.15) is 18.5 Å². The number of nitrogens with one attached hydrogen (secondary N) is 1. The summed E-state index contributed by atoms with van der Waals surface area (Å²) in [5.41, 5.74) is 0.574. The van der Waals surface area contributed by atoms with E-state index in [0.29, 0.717) is 5.56 Å². The summed E-state index contributed by atoms with van der Waals surface area (Å²) in [6.07, 6.45) is -4.69. The minimum Gasteiger partial charge on any atom is -0.508 e. The number of alkyl halides is 3. The van der Waals surface area contributed by atoms with Crippen LogP contribution in [0.3, 0.4) is 0 Å². The zero-order valence-electron chi connectivity index (χ0n) is 12.7. The number of hydrogen-bond acceptors (Lipinski definition) is 3. The largest absolute Gasteiger partial charge is 0.508 e. The van der Waals surface area contributed by atoms with Gasteiger partial charge in [0.1, 0.15) is 5.75 Å². The molecule has 0 bridgehead atoms. The third kappa shape index (κ3) is 3.90. The normalized spacial score (nSPS) is 22.2. The van der Waals surface area contributed by atoms with Crippen molar-refractivity contribution >= 4 is 12.0 Å². The van der Waals surface area contributed by atoms with Gasteiger partial charge in [-0.15, -0.1) is 0 Å². The molecule has 3 atom stereocenters. The molecule has 0 radical (unpaired) electrons. The highest BCUT2D eigenvalue weighted by molar-refractivity contribution is 5.78. The molecule has 3 N–H and O–H groups in total.